The van der Waals surface area contributed by atoms with Crippen LogP contribution in [0, 0.1) is 0 Å². The van der Waals surface area contributed by atoms with Crippen LogP contribution >= 0.6 is 0 Å². The lowest BCUT2D eigenvalue weighted by Gasteiger charge is -2.32. The summed E-state index contributed by atoms with van der Waals surface area (Å²) < 4.78 is 27.7. The highest BCUT2D eigenvalue weighted by Crippen LogP contribution is 2.27. The van der Waals surface area contributed by atoms with Crippen molar-refractivity contribution in [2.24, 2.45) is 0 Å². The molecular weight excluding hydrogens is 322 g/mol. The molecule has 2 aromatic rings. The van der Waals surface area contributed by atoms with Crippen molar-refractivity contribution in [1.82, 2.24) is 14.6 Å². The molecule has 1 N–H and O–H groups in total. The van der Waals surface area contributed by atoms with Crippen LogP contribution in [0.25, 0.3) is 10.8 Å². The normalized spacial score (nSPS) is 17.4. The van der Waals surface area contributed by atoms with Gasteiger partial charge in [-0.1, -0.05) is 25.5 Å². The predicted octanol–water partition coefficient (Wildman–Crippen LogP) is 2.78. The van der Waals surface area contributed by atoms with Gasteiger partial charge in [0.2, 0.25) is 10.0 Å². The number of unbranched alkanes of at least 4 members (excludes halogenated alkanes) is 1. The lowest BCUT2D eigenvalue weighted by molar-refractivity contribution is 0.289. The second-order valence-corrected chi connectivity index (χ2v) is 8.25. The van der Waals surface area contributed by atoms with Gasteiger partial charge in [0.05, 0.1) is 4.90 Å². The van der Waals surface area contributed by atoms with Crippen molar-refractivity contribution in [3.8, 4) is 0 Å². The van der Waals surface area contributed by atoms with E-state index in [4.69, 9.17) is 0 Å². The number of fused-ring (bicyclic) bond motifs is 1. The van der Waals surface area contributed by atoms with E-state index in [1.54, 1.807) is 34.9 Å². The largest absolute Gasteiger partial charge is 0.314 e. The van der Waals surface area contributed by atoms with E-state index in [1.807, 2.05) is 6.07 Å². The van der Waals surface area contributed by atoms with Crippen molar-refractivity contribution < 1.29 is 8.42 Å². The fraction of sp³-hybridized carbons (Fsp3) is 0.500. The minimum Gasteiger partial charge on any atom is -0.314 e. The average Bonchev–Trinajstić information content (AvgIpc) is 2.62. The van der Waals surface area contributed by atoms with Gasteiger partial charge >= 0.3 is 0 Å². The van der Waals surface area contributed by atoms with Gasteiger partial charge in [0.25, 0.3) is 0 Å². The maximum atomic E-state index is 13.1. The Balaban J connectivity index is 1.75. The first kappa shape index (κ1) is 17.3. The summed E-state index contributed by atoms with van der Waals surface area (Å²) in [4.78, 5) is 4.47. The van der Waals surface area contributed by atoms with Crippen LogP contribution in [0.5, 0.6) is 0 Å². The Bertz CT molecular complexity index is 778. The van der Waals surface area contributed by atoms with Crippen LogP contribution in [-0.2, 0) is 10.0 Å². The molecule has 0 spiro atoms. The van der Waals surface area contributed by atoms with Crippen molar-refractivity contribution >= 4 is 20.8 Å². The summed E-state index contributed by atoms with van der Waals surface area (Å²) in [5.74, 6) is 0. The summed E-state index contributed by atoms with van der Waals surface area (Å²) in [6.45, 7) is 4.35. The van der Waals surface area contributed by atoms with E-state index in [1.165, 1.54) is 12.8 Å². The van der Waals surface area contributed by atoms with Gasteiger partial charge in [0, 0.05) is 42.3 Å². The van der Waals surface area contributed by atoms with Crippen LogP contribution in [-0.4, -0.2) is 43.4 Å². The molecule has 0 atom stereocenters. The fourth-order valence-electron chi connectivity index (χ4n) is 3.24. The summed E-state index contributed by atoms with van der Waals surface area (Å²) in [6.07, 6.45) is 7.44. The molecule has 0 radical (unpaired) electrons. The van der Waals surface area contributed by atoms with Crippen LogP contribution in [0.1, 0.15) is 32.6 Å². The number of hydrogen-bond donors (Lipinski definition) is 1. The first-order chi connectivity index (χ1) is 11.6. The third-order valence-electron chi connectivity index (χ3n) is 4.68. The molecule has 1 aromatic carbocycles. The van der Waals surface area contributed by atoms with E-state index < -0.39 is 10.0 Å². The van der Waals surface area contributed by atoms with Gasteiger partial charge in [-0.05, 0) is 37.9 Å². The smallest absolute Gasteiger partial charge is 0.243 e. The first-order valence-corrected chi connectivity index (χ1v) is 10.1. The van der Waals surface area contributed by atoms with Gasteiger partial charge in [-0.15, -0.1) is 0 Å². The van der Waals surface area contributed by atoms with Crippen molar-refractivity contribution in [1.29, 1.82) is 0 Å². The molecule has 2 heterocycles. The highest BCUT2D eigenvalue weighted by molar-refractivity contribution is 7.89. The molecule has 0 saturated carbocycles. The van der Waals surface area contributed by atoms with E-state index >= 15 is 0 Å². The van der Waals surface area contributed by atoms with Crippen molar-refractivity contribution in [2.45, 2.75) is 43.5 Å². The Morgan fingerprint density at radius 2 is 2.04 bits per heavy atom. The number of pyridine rings is 1. The summed E-state index contributed by atoms with van der Waals surface area (Å²) in [5, 5.41) is 5.14. The molecule has 0 amide bonds. The topological polar surface area (TPSA) is 62.3 Å². The number of nitrogens with zero attached hydrogens (tertiary/aromatic N) is 2. The number of nitrogens with one attached hydrogen (secondary N) is 1. The summed E-state index contributed by atoms with van der Waals surface area (Å²) >= 11 is 0. The minimum atomic E-state index is -3.46. The zero-order chi connectivity index (χ0) is 17.0. The quantitative estimate of drug-likeness (QED) is 0.816. The lowest BCUT2D eigenvalue weighted by atomic mass is 10.1. The molecule has 130 valence electrons. The number of piperidine rings is 1. The Morgan fingerprint density at radius 1 is 1.25 bits per heavy atom. The highest BCUT2D eigenvalue weighted by atomic mass is 32.2. The van der Waals surface area contributed by atoms with Gasteiger partial charge in [-0.25, -0.2) is 8.42 Å². The van der Waals surface area contributed by atoms with Gasteiger partial charge < -0.3 is 5.32 Å². The van der Waals surface area contributed by atoms with E-state index in [9.17, 15) is 8.42 Å². The molecule has 1 saturated heterocycles. The van der Waals surface area contributed by atoms with Crippen LogP contribution in [0.3, 0.4) is 0 Å². The van der Waals surface area contributed by atoms with Crippen LogP contribution < -0.4 is 5.32 Å². The zero-order valence-corrected chi connectivity index (χ0v) is 14.9. The van der Waals surface area contributed by atoms with E-state index in [2.05, 4.69) is 17.2 Å². The second kappa shape index (κ2) is 7.59. The molecular formula is C18H25N3O2S. The van der Waals surface area contributed by atoms with Crippen LogP contribution in [0.2, 0.25) is 0 Å². The maximum Gasteiger partial charge on any atom is 0.243 e. The number of benzene rings is 1. The van der Waals surface area contributed by atoms with Gasteiger partial charge in [-0.2, -0.15) is 4.31 Å². The van der Waals surface area contributed by atoms with Crippen molar-refractivity contribution in [2.75, 3.05) is 19.6 Å². The Morgan fingerprint density at radius 3 is 2.79 bits per heavy atom. The van der Waals surface area contributed by atoms with E-state index in [0.29, 0.717) is 24.0 Å². The van der Waals surface area contributed by atoms with Gasteiger partial charge in [0.15, 0.2) is 0 Å². The molecule has 0 bridgehead atoms. The molecule has 1 aliphatic rings. The predicted molar refractivity (Wildman–Crippen MR) is 96.4 cm³/mol. The second-order valence-electron chi connectivity index (χ2n) is 6.34. The minimum absolute atomic E-state index is 0.389. The lowest BCUT2D eigenvalue weighted by Crippen LogP contribution is -2.45. The SMILES string of the molecule is CCCCNC1CCN(S(=O)(=O)c2cccc3cnccc23)CC1. The van der Waals surface area contributed by atoms with Crippen LogP contribution in [0.4, 0.5) is 0 Å². The molecule has 3 rings (SSSR count). The summed E-state index contributed by atoms with van der Waals surface area (Å²) in [7, 11) is -3.46. The summed E-state index contributed by atoms with van der Waals surface area (Å²) in [6, 6.07) is 7.59. The van der Waals surface area contributed by atoms with E-state index in [0.717, 1.165) is 30.2 Å². The Hall–Kier alpha value is -1.50. The Labute approximate surface area is 144 Å². The third-order valence-corrected chi connectivity index (χ3v) is 6.63. The molecule has 1 aromatic heterocycles. The average molecular weight is 347 g/mol. The number of sulfonamides is 1. The van der Waals surface area contributed by atoms with Crippen LogP contribution in [0.15, 0.2) is 41.6 Å². The summed E-state index contributed by atoms with van der Waals surface area (Å²) in [5.41, 5.74) is 0. The molecule has 5 nitrogen and oxygen atoms in total. The third kappa shape index (κ3) is 3.61. The number of aromatic nitrogens is 1. The van der Waals surface area contributed by atoms with E-state index in [-0.39, 0.29) is 0 Å². The van der Waals surface area contributed by atoms with Crippen molar-refractivity contribution in [3.05, 3.63) is 36.7 Å². The fourth-order valence-corrected chi connectivity index (χ4v) is 4.92. The monoisotopic (exact) mass is 347 g/mol. The highest BCUT2D eigenvalue weighted by Gasteiger charge is 2.30. The molecule has 0 unspecified atom stereocenters. The first-order valence-electron chi connectivity index (χ1n) is 8.69. The Kier molecular flexibility index (Phi) is 5.48. The molecule has 24 heavy (non-hydrogen) atoms. The van der Waals surface area contributed by atoms with Crippen molar-refractivity contribution in [3.63, 3.8) is 0 Å². The number of hydrogen-bond acceptors (Lipinski definition) is 4. The molecule has 0 aliphatic carbocycles. The maximum absolute atomic E-state index is 13.1. The zero-order valence-electron chi connectivity index (χ0n) is 14.1. The molecule has 6 heteroatoms. The number of rotatable bonds is 6. The van der Waals surface area contributed by atoms with Gasteiger partial charge in [-0.3, -0.25) is 4.98 Å². The molecule has 1 fully saturated rings. The molecule has 1 aliphatic heterocycles. The standard InChI is InChI=1S/C18H25N3O2S/c1-2-3-10-20-16-8-12-21(13-9-16)24(22,23)18-6-4-5-15-14-19-11-7-17(15)18/h4-7,11,14,16,20H,2-3,8-10,12-13H2,1H3. The van der Waals surface area contributed by atoms with Gasteiger partial charge in [0.1, 0.15) is 0 Å².